The summed E-state index contributed by atoms with van der Waals surface area (Å²) in [6.07, 6.45) is 2.62. The van der Waals surface area contributed by atoms with Crippen LogP contribution in [0.15, 0.2) is 6.07 Å². The molecule has 1 N–H and O–H groups in total. The van der Waals surface area contributed by atoms with E-state index in [1.807, 2.05) is 6.92 Å². The Morgan fingerprint density at radius 1 is 1.28 bits per heavy atom. The van der Waals surface area contributed by atoms with E-state index in [0.29, 0.717) is 17.8 Å². The lowest BCUT2D eigenvalue weighted by molar-refractivity contribution is 0.0790. The third-order valence-electron chi connectivity index (χ3n) is 2.83. The molecule has 1 heterocycles. The van der Waals surface area contributed by atoms with Crippen LogP contribution >= 0.6 is 0 Å². The lowest BCUT2D eigenvalue weighted by Crippen LogP contribution is -2.28. The molecule has 1 amide bonds. The van der Waals surface area contributed by atoms with Crippen LogP contribution < -0.4 is 0 Å². The van der Waals surface area contributed by atoms with Gasteiger partial charge < -0.3 is 10.0 Å². The van der Waals surface area contributed by atoms with Gasteiger partial charge in [-0.3, -0.25) is 4.79 Å². The molecule has 0 unspecified atom stereocenters. The Kier molecular flexibility index (Phi) is 5.71. The fourth-order valence-corrected chi connectivity index (χ4v) is 1.71. The lowest BCUT2D eigenvalue weighted by atomic mass is 10.1. The van der Waals surface area contributed by atoms with Gasteiger partial charge in [-0.15, -0.1) is 0 Å². The van der Waals surface area contributed by atoms with Gasteiger partial charge in [0.25, 0.3) is 5.91 Å². The minimum absolute atomic E-state index is 0.0190. The van der Waals surface area contributed by atoms with Gasteiger partial charge in [0, 0.05) is 20.2 Å². The third-order valence-corrected chi connectivity index (χ3v) is 2.83. The Bertz CT molecular complexity index is 407. The van der Waals surface area contributed by atoms with Crippen LogP contribution in [0.3, 0.4) is 0 Å². The maximum absolute atomic E-state index is 12.2. The van der Waals surface area contributed by atoms with Gasteiger partial charge in [0.2, 0.25) is 0 Å². The molecule has 0 atom stereocenters. The standard InChI is InChI=1S/C13H21N3O2/c1-10-9-12(11(2)15-14-10)13(18)16(3)7-5-4-6-8-17/h9,17H,4-8H2,1-3H3. The summed E-state index contributed by atoms with van der Waals surface area (Å²) in [4.78, 5) is 13.9. The highest BCUT2D eigenvalue weighted by Gasteiger charge is 2.15. The Morgan fingerprint density at radius 2 is 2.00 bits per heavy atom. The number of carbonyl (C=O) groups excluding carboxylic acids is 1. The fourth-order valence-electron chi connectivity index (χ4n) is 1.71. The van der Waals surface area contributed by atoms with Crippen molar-refractivity contribution in [3.05, 3.63) is 23.0 Å². The first-order valence-corrected chi connectivity index (χ1v) is 6.23. The van der Waals surface area contributed by atoms with Crippen molar-refractivity contribution in [2.75, 3.05) is 20.2 Å². The zero-order chi connectivity index (χ0) is 13.5. The van der Waals surface area contributed by atoms with E-state index in [-0.39, 0.29) is 12.5 Å². The summed E-state index contributed by atoms with van der Waals surface area (Å²) in [6.45, 7) is 4.52. The normalized spacial score (nSPS) is 10.4. The summed E-state index contributed by atoms with van der Waals surface area (Å²) in [5, 5.41) is 16.6. The predicted octanol–water partition coefficient (Wildman–Crippen LogP) is 1.33. The first-order chi connectivity index (χ1) is 8.56. The Labute approximate surface area is 108 Å². The van der Waals surface area contributed by atoms with Gasteiger partial charge in [0.1, 0.15) is 0 Å². The van der Waals surface area contributed by atoms with Crippen molar-refractivity contribution in [2.24, 2.45) is 0 Å². The molecule has 0 fully saturated rings. The van der Waals surface area contributed by atoms with E-state index in [1.54, 1.807) is 24.9 Å². The molecule has 5 heteroatoms. The van der Waals surface area contributed by atoms with Crippen molar-refractivity contribution in [1.29, 1.82) is 0 Å². The Hall–Kier alpha value is -1.49. The fraction of sp³-hybridized carbons (Fsp3) is 0.615. The van der Waals surface area contributed by atoms with Crippen molar-refractivity contribution >= 4 is 5.91 Å². The Morgan fingerprint density at radius 3 is 2.67 bits per heavy atom. The highest BCUT2D eigenvalue weighted by Crippen LogP contribution is 2.09. The minimum Gasteiger partial charge on any atom is -0.396 e. The number of aliphatic hydroxyl groups is 1. The minimum atomic E-state index is -0.0190. The molecule has 0 aliphatic rings. The van der Waals surface area contributed by atoms with Crippen LogP contribution in [0.1, 0.15) is 41.0 Å². The van der Waals surface area contributed by atoms with E-state index in [4.69, 9.17) is 5.11 Å². The highest BCUT2D eigenvalue weighted by atomic mass is 16.2. The Balaban J connectivity index is 2.60. The van der Waals surface area contributed by atoms with E-state index in [2.05, 4.69) is 10.2 Å². The first-order valence-electron chi connectivity index (χ1n) is 6.23. The molecule has 0 aromatic carbocycles. The van der Waals surface area contributed by atoms with Crippen LogP contribution in [0.25, 0.3) is 0 Å². The molecule has 1 aromatic rings. The summed E-state index contributed by atoms with van der Waals surface area (Å²) < 4.78 is 0. The molecule has 18 heavy (non-hydrogen) atoms. The van der Waals surface area contributed by atoms with Crippen molar-refractivity contribution in [1.82, 2.24) is 15.1 Å². The summed E-state index contributed by atoms with van der Waals surface area (Å²) in [7, 11) is 1.79. The number of aliphatic hydroxyl groups excluding tert-OH is 1. The van der Waals surface area contributed by atoms with Crippen LogP contribution in [0, 0.1) is 13.8 Å². The second-order valence-corrected chi connectivity index (χ2v) is 4.50. The lowest BCUT2D eigenvalue weighted by Gasteiger charge is -2.17. The average molecular weight is 251 g/mol. The zero-order valence-corrected chi connectivity index (χ0v) is 11.3. The summed E-state index contributed by atoms with van der Waals surface area (Å²) in [5.41, 5.74) is 2.03. The molecule has 0 radical (unpaired) electrons. The van der Waals surface area contributed by atoms with E-state index in [9.17, 15) is 4.79 Å². The predicted molar refractivity (Wildman–Crippen MR) is 69.4 cm³/mol. The van der Waals surface area contributed by atoms with Gasteiger partial charge in [0.15, 0.2) is 0 Å². The number of aromatic nitrogens is 2. The van der Waals surface area contributed by atoms with Crippen molar-refractivity contribution in [3.8, 4) is 0 Å². The monoisotopic (exact) mass is 251 g/mol. The van der Waals surface area contributed by atoms with E-state index < -0.39 is 0 Å². The quantitative estimate of drug-likeness (QED) is 0.775. The largest absolute Gasteiger partial charge is 0.396 e. The number of unbranched alkanes of at least 4 members (excludes halogenated alkanes) is 2. The average Bonchev–Trinajstić information content (AvgIpc) is 2.36. The molecule has 0 bridgehead atoms. The first kappa shape index (κ1) is 14.6. The highest BCUT2D eigenvalue weighted by molar-refractivity contribution is 5.95. The molecular weight excluding hydrogens is 230 g/mol. The molecule has 0 spiro atoms. The zero-order valence-electron chi connectivity index (χ0n) is 11.3. The molecule has 1 rings (SSSR count). The number of carbonyl (C=O) groups is 1. The molecule has 100 valence electrons. The SMILES string of the molecule is Cc1cc(C(=O)N(C)CCCCCO)c(C)nn1. The van der Waals surface area contributed by atoms with Gasteiger partial charge in [-0.05, 0) is 39.2 Å². The number of nitrogens with zero attached hydrogens (tertiary/aromatic N) is 3. The third kappa shape index (κ3) is 4.07. The van der Waals surface area contributed by atoms with Gasteiger partial charge >= 0.3 is 0 Å². The van der Waals surface area contributed by atoms with Crippen LogP contribution in [0.4, 0.5) is 0 Å². The smallest absolute Gasteiger partial charge is 0.255 e. The van der Waals surface area contributed by atoms with Gasteiger partial charge in [0.05, 0.1) is 17.0 Å². The summed E-state index contributed by atoms with van der Waals surface area (Å²) >= 11 is 0. The van der Waals surface area contributed by atoms with Crippen LogP contribution in [0.2, 0.25) is 0 Å². The maximum atomic E-state index is 12.2. The van der Waals surface area contributed by atoms with Crippen molar-refractivity contribution < 1.29 is 9.90 Å². The number of aryl methyl sites for hydroxylation is 2. The van der Waals surface area contributed by atoms with Gasteiger partial charge in [-0.25, -0.2) is 0 Å². The second-order valence-electron chi connectivity index (χ2n) is 4.50. The van der Waals surface area contributed by atoms with Gasteiger partial charge in [-0.1, -0.05) is 0 Å². The van der Waals surface area contributed by atoms with Crippen LogP contribution in [-0.4, -0.2) is 46.3 Å². The molecule has 0 saturated heterocycles. The van der Waals surface area contributed by atoms with E-state index in [1.165, 1.54) is 0 Å². The summed E-state index contributed by atoms with van der Waals surface area (Å²) in [5.74, 6) is -0.0190. The number of rotatable bonds is 6. The second kappa shape index (κ2) is 7.06. The van der Waals surface area contributed by atoms with E-state index >= 15 is 0 Å². The number of hydrogen-bond acceptors (Lipinski definition) is 4. The van der Waals surface area contributed by atoms with Crippen molar-refractivity contribution in [2.45, 2.75) is 33.1 Å². The molecule has 0 saturated carbocycles. The van der Waals surface area contributed by atoms with Crippen molar-refractivity contribution in [3.63, 3.8) is 0 Å². The molecular formula is C13H21N3O2. The van der Waals surface area contributed by atoms with E-state index in [0.717, 1.165) is 25.0 Å². The topological polar surface area (TPSA) is 66.3 Å². The molecule has 0 aliphatic carbocycles. The maximum Gasteiger partial charge on any atom is 0.255 e. The van der Waals surface area contributed by atoms with Crippen LogP contribution in [-0.2, 0) is 0 Å². The number of hydrogen-bond donors (Lipinski definition) is 1. The van der Waals surface area contributed by atoms with Crippen LogP contribution in [0.5, 0.6) is 0 Å². The molecule has 5 nitrogen and oxygen atoms in total. The summed E-state index contributed by atoms with van der Waals surface area (Å²) in [6, 6.07) is 1.77. The van der Waals surface area contributed by atoms with Gasteiger partial charge in [-0.2, -0.15) is 10.2 Å². The molecule has 0 aliphatic heterocycles. The number of amides is 1. The molecule has 1 aromatic heterocycles.